The van der Waals surface area contributed by atoms with Crippen LogP contribution in [0.5, 0.6) is 0 Å². The van der Waals surface area contributed by atoms with Gasteiger partial charge in [0, 0.05) is 44.8 Å². The van der Waals surface area contributed by atoms with Gasteiger partial charge in [0.1, 0.15) is 0 Å². The number of rotatable bonds is 7. The molecule has 8 nitrogen and oxygen atoms in total. The van der Waals surface area contributed by atoms with Crippen molar-refractivity contribution in [1.29, 1.82) is 0 Å². The van der Waals surface area contributed by atoms with Crippen LogP contribution in [0.15, 0.2) is 47.8 Å². The lowest BCUT2D eigenvalue weighted by Gasteiger charge is -2.26. The number of aromatic nitrogens is 3. The number of hydrogen-bond donors (Lipinski definition) is 2. The molecule has 11 heteroatoms. The molecular formula is C26H30F3N5O3. The van der Waals surface area contributed by atoms with E-state index >= 15 is 0 Å². The molecule has 3 heterocycles. The lowest BCUT2D eigenvalue weighted by molar-refractivity contribution is -0.138. The molecular weight excluding hydrogens is 487 g/mol. The second-order valence-electron chi connectivity index (χ2n) is 9.25. The van der Waals surface area contributed by atoms with Crippen LogP contribution in [-0.4, -0.2) is 33.2 Å². The third kappa shape index (κ3) is 5.87. The van der Waals surface area contributed by atoms with Crippen molar-refractivity contribution < 1.29 is 22.7 Å². The summed E-state index contributed by atoms with van der Waals surface area (Å²) in [6, 6.07) is 4.50. The van der Waals surface area contributed by atoms with Crippen LogP contribution >= 0.6 is 0 Å². The molecule has 4 rings (SSSR count). The van der Waals surface area contributed by atoms with Gasteiger partial charge >= 0.3 is 6.18 Å². The number of halogens is 3. The van der Waals surface area contributed by atoms with Crippen molar-refractivity contribution in [1.82, 2.24) is 19.4 Å². The van der Waals surface area contributed by atoms with Crippen LogP contribution in [-0.2, 0) is 24.5 Å². The first-order chi connectivity index (χ1) is 17.6. The number of amides is 1. The van der Waals surface area contributed by atoms with Gasteiger partial charge in [-0.05, 0) is 43.9 Å². The first-order valence-electron chi connectivity index (χ1n) is 12.1. The Bertz CT molecular complexity index is 1330. The smallest absolute Gasteiger partial charge is 0.381 e. The number of hydrogen-bond acceptors (Lipinski definition) is 5. The van der Waals surface area contributed by atoms with Gasteiger partial charge < -0.3 is 24.5 Å². The third-order valence-electron chi connectivity index (χ3n) is 6.78. The largest absolute Gasteiger partial charge is 0.416 e. The van der Waals surface area contributed by atoms with Gasteiger partial charge in [0.15, 0.2) is 0 Å². The van der Waals surface area contributed by atoms with E-state index in [0.717, 1.165) is 11.8 Å². The fourth-order valence-electron chi connectivity index (χ4n) is 4.65. The fraction of sp³-hybridized carbons (Fsp3) is 0.423. The molecule has 1 unspecified atom stereocenters. The Labute approximate surface area is 212 Å². The van der Waals surface area contributed by atoms with Crippen molar-refractivity contribution in [3.63, 3.8) is 0 Å². The summed E-state index contributed by atoms with van der Waals surface area (Å²) in [6.07, 6.45) is 1.64. The zero-order valence-corrected chi connectivity index (χ0v) is 20.9. The van der Waals surface area contributed by atoms with Crippen LogP contribution in [0.2, 0.25) is 0 Å². The van der Waals surface area contributed by atoms with E-state index in [1.165, 1.54) is 25.3 Å². The second kappa shape index (κ2) is 10.8. The van der Waals surface area contributed by atoms with Gasteiger partial charge in [-0.3, -0.25) is 9.59 Å². The Morgan fingerprint density at radius 2 is 2.00 bits per heavy atom. The van der Waals surface area contributed by atoms with Gasteiger partial charge in [-0.2, -0.15) is 13.2 Å². The minimum atomic E-state index is -4.49. The maximum absolute atomic E-state index is 13.5. The highest BCUT2D eigenvalue weighted by atomic mass is 19.4. The zero-order valence-electron chi connectivity index (χ0n) is 20.9. The minimum absolute atomic E-state index is 0.0598. The minimum Gasteiger partial charge on any atom is -0.381 e. The first kappa shape index (κ1) is 26.5. The zero-order chi connectivity index (χ0) is 26.7. The maximum Gasteiger partial charge on any atom is 0.416 e. The summed E-state index contributed by atoms with van der Waals surface area (Å²) in [5.74, 6) is -0.502. The molecule has 2 N–H and O–H groups in total. The van der Waals surface area contributed by atoms with E-state index < -0.39 is 23.7 Å². The number of aryl methyl sites for hydroxylation is 1. The molecule has 1 atom stereocenters. The molecule has 1 saturated heterocycles. The van der Waals surface area contributed by atoms with Crippen molar-refractivity contribution in [2.75, 3.05) is 18.5 Å². The number of imidazole rings is 1. The molecule has 3 aromatic rings. The van der Waals surface area contributed by atoms with Crippen molar-refractivity contribution >= 4 is 11.6 Å². The Morgan fingerprint density at radius 3 is 2.65 bits per heavy atom. The summed E-state index contributed by atoms with van der Waals surface area (Å²) >= 11 is 0. The van der Waals surface area contributed by atoms with Crippen LogP contribution in [0.4, 0.5) is 18.9 Å². The standard InChI is InChI=1S/C26H30F3N5O3/c1-16-20(5-4-6-22(16)26(27,28)29)17(2)32-25(36)21-14-34(18-7-9-37-10-8-18)24(35)11-23(21)31-13-19-12-30-15-33(19)3/h4-6,11-12,14-15,17-18,31H,7-10,13H2,1-3H3,(H,32,36). The van der Waals surface area contributed by atoms with Crippen LogP contribution < -0.4 is 16.2 Å². The molecule has 0 spiro atoms. The van der Waals surface area contributed by atoms with E-state index in [1.807, 2.05) is 11.6 Å². The predicted octanol–water partition coefficient (Wildman–Crippen LogP) is 4.36. The number of nitrogens with one attached hydrogen (secondary N) is 2. The highest BCUT2D eigenvalue weighted by molar-refractivity contribution is 5.99. The quantitative estimate of drug-likeness (QED) is 0.486. The van der Waals surface area contributed by atoms with Crippen molar-refractivity contribution in [2.24, 2.45) is 7.05 Å². The number of alkyl halides is 3. The van der Waals surface area contributed by atoms with Crippen LogP contribution in [0.3, 0.4) is 0 Å². The summed E-state index contributed by atoms with van der Waals surface area (Å²) in [7, 11) is 1.83. The Morgan fingerprint density at radius 1 is 1.27 bits per heavy atom. The topological polar surface area (TPSA) is 90.2 Å². The van der Waals surface area contributed by atoms with Gasteiger partial charge in [0.2, 0.25) is 0 Å². The van der Waals surface area contributed by atoms with E-state index in [0.29, 0.717) is 43.9 Å². The number of pyridine rings is 1. The molecule has 0 bridgehead atoms. The number of carbonyl (C=O) groups is 1. The monoisotopic (exact) mass is 517 g/mol. The van der Waals surface area contributed by atoms with Crippen LogP contribution in [0.25, 0.3) is 0 Å². The number of anilines is 1. The normalized spacial score (nSPS) is 15.4. The predicted molar refractivity (Wildman–Crippen MR) is 132 cm³/mol. The average molecular weight is 518 g/mol. The van der Waals surface area contributed by atoms with E-state index in [1.54, 1.807) is 30.1 Å². The fourth-order valence-corrected chi connectivity index (χ4v) is 4.65. The Hall–Kier alpha value is -3.60. The summed E-state index contributed by atoms with van der Waals surface area (Å²) < 4.78 is 49.0. The summed E-state index contributed by atoms with van der Waals surface area (Å²) in [5, 5.41) is 5.98. The third-order valence-corrected chi connectivity index (χ3v) is 6.78. The Kier molecular flexibility index (Phi) is 7.72. The summed E-state index contributed by atoms with van der Waals surface area (Å²) in [5.41, 5.74) is 0.836. The van der Waals surface area contributed by atoms with E-state index in [4.69, 9.17) is 4.74 Å². The van der Waals surface area contributed by atoms with Gasteiger partial charge in [-0.15, -0.1) is 0 Å². The lowest BCUT2D eigenvalue weighted by Crippen LogP contribution is -2.33. The molecule has 0 radical (unpaired) electrons. The van der Waals surface area contributed by atoms with Gasteiger partial charge in [0.05, 0.1) is 41.4 Å². The van der Waals surface area contributed by atoms with E-state index in [9.17, 15) is 22.8 Å². The molecule has 0 aliphatic carbocycles. The number of carbonyl (C=O) groups excluding carboxylic acids is 1. The molecule has 37 heavy (non-hydrogen) atoms. The Balaban J connectivity index is 1.65. The molecule has 2 aromatic heterocycles. The summed E-state index contributed by atoms with van der Waals surface area (Å²) in [4.78, 5) is 30.6. The second-order valence-corrected chi connectivity index (χ2v) is 9.25. The summed E-state index contributed by atoms with van der Waals surface area (Å²) in [6.45, 7) is 4.39. The highest BCUT2D eigenvalue weighted by Gasteiger charge is 2.33. The van der Waals surface area contributed by atoms with Crippen molar-refractivity contribution in [3.05, 3.63) is 81.3 Å². The van der Waals surface area contributed by atoms with Crippen molar-refractivity contribution in [2.45, 2.75) is 51.5 Å². The maximum atomic E-state index is 13.5. The van der Waals surface area contributed by atoms with E-state index in [-0.39, 0.29) is 22.7 Å². The number of ether oxygens (including phenoxy) is 1. The highest BCUT2D eigenvalue weighted by Crippen LogP contribution is 2.34. The molecule has 1 aliphatic rings. The molecule has 198 valence electrons. The van der Waals surface area contributed by atoms with E-state index in [2.05, 4.69) is 15.6 Å². The average Bonchev–Trinajstić information content (AvgIpc) is 3.27. The van der Waals surface area contributed by atoms with Crippen LogP contribution in [0.1, 0.15) is 64.6 Å². The molecule has 1 aromatic carbocycles. The van der Waals surface area contributed by atoms with Gasteiger partial charge in [0.25, 0.3) is 11.5 Å². The van der Waals surface area contributed by atoms with Gasteiger partial charge in [-0.1, -0.05) is 12.1 Å². The molecule has 0 saturated carbocycles. The molecule has 1 fully saturated rings. The SMILES string of the molecule is Cc1c(C(C)NC(=O)c2cn(C3CCOCC3)c(=O)cc2NCc2cncn2C)cccc1C(F)(F)F. The first-order valence-corrected chi connectivity index (χ1v) is 12.1. The number of nitrogens with zero attached hydrogens (tertiary/aromatic N) is 3. The number of benzene rings is 1. The molecule has 1 amide bonds. The van der Waals surface area contributed by atoms with Crippen LogP contribution in [0, 0.1) is 6.92 Å². The van der Waals surface area contributed by atoms with Crippen molar-refractivity contribution in [3.8, 4) is 0 Å². The lowest BCUT2D eigenvalue weighted by atomic mass is 9.97. The van der Waals surface area contributed by atoms with Gasteiger partial charge in [-0.25, -0.2) is 4.98 Å². The molecule has 1 aliphatic heterocycles.